The van der Waals surface area contributed by atoms with Gasteiger partial charge in [-0.1, -0.05) is 35.9 Å². The number of carbonyl (C=O) groups excluding carboxylic acids is 1. The third-order valence-electron chi connectivity index (χ3n) is 4.57. The number of ether oxygens (including phenoxy) is 1. The van der Waals surface area contributed by atoms with E-state index in [1.165, 1.54) is 29.6 Å². The Morgan fingerprint density at radius 2 is 1.79 bits per heavy atom. The van der Waals surface area contributed by atoms with Gasteiger partial charge in [-0.3, -0.25) is 13.9 Å². The molecule has 0 radical (unpaired) electrons. The van der Waals surface area contributed by atoms with Gasteiger partial charge in [0.25, 0.3) is 5.56 Å². The molecule has 28 heavy (non-hydrogen) atoms. The SMILES string of the molecule is Cn1c(=O)c2c(ncn2CC(=O)Oc2ccc(Cl)c3ccccc23)n(C)c1=O. The molecule has 0 saturated heterocycles. The number of benzene rings is 2. The smallest absolute Gasteiger partial charge is 0.332 e. The normalized spacial score (nSPS) is 11.2. The first-order chi connectivity index (χ1) is 13.4. The van der Waals surface area contributed by atoms with Crippen LogP contribution in [0, 0.1) is 0 Å². The molecule has 0 unspecified atom stereocenters. The molecular formula is C19H15ClN4O4. The molecule has 4 rings (SSSR count). The molecule has 8 nitrogen and oxygen atoms in total. The summed E-state index contributed by atoms with van der Waals surface area (Å²) in [4.78, 5) is 41.1. The molecule has 142 valence electrons. The first-order valence-corrected chi connectivity index (χ1v) is 8.75. The largest absolute Gasteiger partial charge is 0.425 e. The lowest BCUT2D eigenvalue weighted by Crippen LogP contribution is -2.37. The molecule has 0 saturated carbocycles. The molecule has 2 aromatic heterocycles. The zero-order chi connectivity index (χ0) is 20.0. The Bertz CT molecular complexity index is 1370. The van der Waals surface area contributed by atoms with E-state index in [1.54, 1.807) is 12.1 Å². The Hall–Kier alpha value is -3.39. The van der Waals surface area contributed by atoms with Crippen LogP contribution < -0.4 is 16.0 Å². The number of esters is 1. The molecule has 0 aliphatic carbocycles. The number of rotatable bonds is 3. The van der Waals surface area contributed by atoms with Crippen molar-refractivity contribution in [2.75, 3.05) is 0 Å². The molecular weight excluding hydrogens is 384 g/mol. The number of halogens is 1. The van der Waals surface area contributed by atoms with Gasteiger partial charge in [0, 0.05) is 29.9 Å². The van der Waals surface area contributed by atoms with Crippen LogP contribution in [0.5, 0.6) is 5.75 Å². The Morgan fingerprint density at radius 1 is 1.07 bits per heavy atom. The summed E-state index contributed by atoms with van der Waals surface area (Å²) < 4.78 is 9.10. The topological polar surface area (TPSA) is 88.1 Å². The maximum Gasteiger partial charge on any atom is 0.332 e. The quantitative estimate of drug-likeness (QED) is 0.388. The van der Waals surface area contributed by atoms with Crippen molar-refractivity contribution in [2.45, 2.75) is 6.54 Å². The van der Waals surface area contributed by atoms with E-state index in [4.69, 9.17) is 16.3 Å². The van der Waals surface area contributed by atoms with E-state index < -0.39 is 17.2 Å². The molecule has 4 aromatic rings. The number of imidazole rings is 1. The van der Waals surface area contributed by atoms with Crippen molar-refractivity contribution in [3.05, 3.63) is 68.6 Å². The predicted octanol–water partition coefficient (Wildman–Crippen LogP) is 1.85. The number of aryl methyl sites for hydroxylation is 1. The highest BCUT2D eigenvalue weighted by atomic mass is 35.5. The third kappa shape index (κ3) is 2.78. The molecule has 0 amide bonds. The first kappa shape index (κ1) is 18.0. The number of fused-ring (bicyclic) bond motifs is 2. The molecule has 0 fully saturated rings. The van der Waals surface area contributed by atoms with Crippen LogP contribution in [0.4, 0.5) is 0 Å². The summed E-state index contributed by atoms with van der Waals surface area (Å²) >= 11 is 6.19. The maximum atomic E-state index is 12.5. The fourth-order valence-corrected chi connectivity index (χ4v) is 3.36. The van der Waals surface area contributed by atoms with Crippen molar-refractivity contribution in [1.29, 1.82) is 0 Å². The molecule has 0 atom stereocenters. The van der Waals surface area contributed by atoms with Gasteiger partial charge in [0.1, 0.15) is 12.3 Å². The van der Waals surface area contributed by atoms with Crippen molar-refractivity contribution in [3.63, 3.8) is 0 Å². The van der Waals surface area contributed by atoms with E-state index in [1.807, 2.05) is 24.3 Å². The van der Waals surface area contributed by atoms with Gasteiger partial charge in [0.05, 0.1) is 6.33 Å². The minimum atomic E-state index is -0.581. The minimum absolute atomic E-state index is 0.155. The monoisotopic (exact) mass is 398 g/mol. The molecule has 0 N–H and O–H groups in total. The van der Waals surface area contributed by atoms with Crippen molar-refractivity contribution >= 4 is 39.5 Å². The van der Waals surface area contributed by atoms with Crippen LogP contribution in [0.15, 0.2) is 52.3 Å². The zero-order valence-electron chi connectivity index (χ0n) is 15.0. The van der Waals surface area contributed by atoms with Crippen molar-refractivity contribution < 1.29 is 9.53 Å². The van der Waals surface area contributed by atoms with Crippen LogP contribution in [0.1, 0.15) is 0 Å². The van der Waals surface area contributed by atoms with Crippen LogP contribution in [0.3, 0.4) is 0 Å². The maximum absolute atomic E-state index is 12.5. The number of hydrogen-bond acceptors (Lipinski definition) is 5. The van der Waals surface area contributed by atoms with Gasteiger partial charge in [0.15, 0.2) is 11.2 Å². The van der Waals surface area contributed by atoms with Gasteiger partial charge < -0.3 is 9.30 Å². The Kier molecular flexibility index (Phi) is 4.27. The average Bonchev–Trinajstić information content (AvgIpc) is 3.10. The lowest BCUT2D eigenvalue weighted by atomic mass is 10.1. The average molecular weight is 399 g/mol. The van der Waals surface area contributed by atoms with Gasteiger partial charge in [-0.25, -0.2) is 14.6 Å². The molecule has 0 aliphatic heterocycles. The highest BCUT2D eigenvalue weighted by molar-refractivity contribution is 6.35. The fraction of sp³-hybridized carbons (Fsp3) is 0.158. The second-order valence-corrected chi connectivity index (χ2v) is 6.72. The first-order valence-electron chi connectivity index (χ1n) is 8.37. The van der Waals surface area contributed by atoms with E-state index in [9.17, 15) is 14.4 Å². The highest BCUT2D eigenvalue weighted by Gasteiger charge is 2.17. The second-order valence-electron chi connectivity index (χ2n) is 6.32. The van der Waals surface area contributed by atoms with Crippen LogP contribution in [-0.4, -0.2) is 24.7 Å². The third-order valence-corrected chi connectivity index (χ3v) is 4.90. The van der Waals surface area contributed by atoms with E-state index in [-0.39, 0.29) is 17.7 Å². The summed E-state index contributed by atoms with van der Waals surface area (Å²) in [6, 6.07) is 10.6. The Labute approximate surface area is 163 Å². The van der Waals surface area contributed by atoms with Gasteiger partial charge in [-0.05, 0) is 12.1 Å². The van der Waals surface area contributed by atoms with Crippen molar-refractivity contribution in [2.24, 2.45) is 14.1 Å². The van der Waals surface area contributed by atoms with Gasteiger partial charge >= 0.3 is 11.7 Å². The number of hydrogen-bond donors (Lipinski definition) is 0. The van der Waals surface area contributed by atoms with Crippen LogP contribution >= 0.6 is 11.6 Å². The van der Waals surface area contributed by atoms with Gasteiger partial charge in [0.2, 0.25) is 0 Å². The Balaban J connectivity index is 1.70. The van der Waals surface area contributed by atoms with E-state index in [2.05, 4.69) is 4.98 Å². The van der Waals surface area contributed by atoms with Gasteiger partial charge in [-0.2, -0.15) is 0 Å². The molecule has 2 aromatic carbocycles. The fourth-order valence-electron chi connectivity index (χ4n) is 3.13. The lowest BCUT2D eigenvalue weighted by Gasteiger charge is -2.10. The summed E-state index contributed by atoms with van der Waals surface area (Å²) in [7, 11) is 2.89. The molecule has 0 aliphatic rings. The summed E-state index contributed by atoms with van der Waals surface area (Å²) in [6.07, 6.45) is 1.34. The molecule has 2 heterocycles. The van der Waals surface area contributed by atoms with E-state index in [0.29, 0.717) is 16.2 Å². The summed E-state index contributed by atoms with van der Waals surface area (Å²) in [5, 5.41) is 2.03. The van der Waals surface area contributed by atoms with Crippen molar-refractivity contribution in [1.82, 2.24) is 18.7 Å². The second kappa shape index (κ2) is 6.65. The summed E-state index contributed by atoms with van der Waals surface area (Å²) in [5.41, 5.74) is -0.654. The zero-order valence-corrected chi connectivity index (χ0v) is 15.8. The highest BCUT2D eigenvalue weighted by Crippen LogP contribution is 2.31. The summed E-state index contributed by atoms with van der Waals surface area (Å²) in [5.74, 6) is -0.211. The minimum Gasteiger partial charge on any atom is -0.425 e. The standard InChI is InChI=1S/C19H15ClN4O4/c1-22-17-16(18(26)23(2)19(22)27)24(10-21-17)9-15(25)28-14-8-7-13(20)11-5-3-4-6-12(11)14/h3-8,10H,9H2,1-2H3. The number of aromatic nitrogens is 4. The predicted molar refractivity (Wildman–Crippen MR) is 105 cm³/mol. The molecule has 0 bridgehead atoms. The van der Waals surface area contributed by atoms with Crippen LogP contribution in [-0.2, 0) is 25.4 Å². The van der Waals surface area contributed by atoms with E-state index in [0.717, 1.165) is 9.95 Å². The Morgan fingerprint density at radius 3 is 2.54 bits per heavy atom. The van der Waals surface area contributed by atoms with Crippen molar-refractivity contribution in [3.8, 4) is 5.75 Å². The van der Waals surface area contributed by atoms with Crippen LogP contribution in [0.25, 0.3) is 21.9 Å². The number of carbonyl (C=O) groups is 1. The van der Waals surface area contributed by atoms with E-state index >= 15 is 0 Å². The van der Waals surface area contributed by atoms with Gasteiger partial charge in [-0.15, -0.1) is 0 Å². The summed E-state index contributed by atoms with van der Waals surface area (Å²) in [6.45, 7) is -0.235. The molecule has 9 heteroatoms. The molecule has 0 spiro atoms. The number of nitrogens with zero attached hydrogens (tertiary/aromatic N) is 4. The lowest BCUT2D eigenvalue weighted by molar-refractivity contribution is -0.134. The van der Waals surface area contributed by atoms with Crippen LogP contribution in [0.2, 0.25) is 5.02 Å².